The number of carboxylic acids is 1. The second-order valence-corrected chi connectivity index (χ2v) is 4.22. The minimum absolute atomic E-state index is 0.217. The number of carbonyl (C=O) groups is 1. The molecule has 5 heteroatoms. The second kappa shape index (κ2) is 4.65. The van der Waals surface area contributed by atoms with Gasteiger partial charge in [0.2, 0.25) is 0 Å². The van der Waals surface area contributed by atoms with E-state index in [2.05, 4.69) is 10.00 Å². The summed E-state index contributed by atoms with van der Waals surface area (Å²) in [7, 11) is 1.93. The average molecular weight is 223 g/mol. The summed E-state index contributed by atoms with van der Waals surface area (Å²) in [6.45, 7) is 1.62. The summed E-state index contributed by atoms with van der Waals surface area (Å²) in [5.41, 5.74) is 1.18. The van der Waals surface area contributed by atoms with Crippen molar-refractivity contribution in [2.24, 2.45) is 7.05 Å². The minimum Gasteiger partial charge on any atom is -0.481 e. The SMILES string of the molecule is Cn1nccc1[C@H]1CCCN1CCC(=O)O. The maximum atomic E-state index is 10.6. The smallest absolute Gasteiger partial charge is 0.304 e. The standard InChI is InChI=1S/C11H17N3O2/c1-13-9(4-6-12-13)10-3-2-7-14(10)8-5-11(15)16/h4,6,10H,2-3,5,7-8H2,1H3,(H,15,16)/t10-/m1/s1. The van der Waals surface area contributed by atoms with Gasteiger partial charge in [-0.15, -0.1) is 0 Å². The highest BCUT2D eigenvalue weighted by molar-refractivity contribution is 5.66. The van der Waals surface area contributed by atoms with E-state index in [-0.39, 0.29) is 6.42 Å². The lowest BCUT2D eigenvalue weighted by Crippen LogP contribution is -2.27. The zero-order chi connectivity index (χ0) is 11.5. The number of likely N-dealkylation sites (tertiary alicyclic amines) is 1. The van der Waals surface area contributed by atoms with Gasteiger partial charge in [0, 0.05) is 19.8 Å². The molecule has 0 saturated carbocycles. The van der Waals surface area contributed by atoms with Gasteiger partial charge in [-0.3, -0.25) is 14.4 Å². The molecule has 1 fully saturated rings. The molecule has 1 aliphatic heterocycles. The Morgan fingerprint density at radius 2 is 2.50 bits per heavy atom. The number of aryl methyl sites for hydroxylation is 1. The predicted molar refractivity (Wildman–Crippen MR) is 59.0 cm³/mol. The van der Waals surface area contributed by atoms with E-state index in [0.29, 0.717) is 12.6 Å². The van der Waals surface area contributed by atoms with Crippen molar-refractivity contribution in [3.05, 3.63) is 18.0 Å². The Bertz CT molecular complexity index is 375. The first-order valence-corrected chi connectivity index (χ1v) is 5.62. The lowest BCUT2D eigenvalue weighted by atomic mass is 10.1. The summed E-state index contributed by atoms with van der Waals surface area (Å²) in [4.78, 5) is 12.8. The summed E-state index contributed by atoms with van der Waals surface area (Å²) in [6, 6.07) is 2.36. The Labute approximate surface area is 94.7 Å². The molecule has 1 atom stereocenters. The molecule has 0 aromatic carbocycles. The van der Waals surface area contributed by atoms with Crippen molar-refractivity contribution >= 4 is 5.97 Å². The molecule has 0 radical (unpaired) electrons. The second-order valence-electron chi connectivity index (χ2n) is 4.22. The fourth-order valence-electron chi connectivity index (χ4n) is 2.38. The molecule has 0 spiro atoms. The Morgan fingerprint density at radius 3 is 3.12 bits per heavy atom. The van der Waals surface area contributed by atoms with E-state index in [9.17, 15) is 4.79 Å². The first-order valence-electron chi connectivity index (χ1n) is 5.62. The average Bonchev–Trinajstić information content (AvgIpc) is 2.82. The summed E-state index contributed by atoms with van der Waals surface area (Å²) >= 11 is 0. The number of rotatable bonds is 4. The highest BCUT2D eigenvalue weighted by Gasteiger charge is 2.27. The molecule has 1 aromatic heterocycles. The van der Waals surface area contributed by atoms with Gasteiger partial charge in [-0.2, -0.15) is 5.10 Å². The van der Waals surface area contributed by atoms with Crippen LogP contribution in [-0.4, -0.2) is 38.8 Å². The van der Waals surface area contributed by atoms with Gasteiger partial charge < -0.3 is 5.11 Å². The molecule has 1 aliphatic rings. The van der Waals surface area contributed by atoms with Crippen LogP contribution in [0.1, 0.15) is 31.0 Å². The highest BCUT2D eigenvalue weighted by atomic mass is 16.4. The van der Waals surface area contributed by atoms with Gasteiger partial charge in [-0.05, 0) is 25.5 Å². The van der Waals surface area contributed by atoms with E-state index < -0.39 is 5.97 Å². The molecule has 0 bridgehead atoms. The van der Waals surface area contributed by atoms with E-state index in [0.717, 1.165) is 19.4 Å². The Balaban J connectivity index is 2.03. The van der Waals surface area contributed by atoms with Crippen LogP contribution in [-0.2, 0) is 11.8 Å². The van der Waals surface area contributed by atoms with Crippen molar-refractivity contribution in [3.63, 3.8) is 0 Å². The summed E-state index contributed by atoms with van der Waals surface area (Å²) in [5.74, 6) is -0.726. The number of aliphatic carboxylic acids is 1. The molecule has 0 amide bonds. The Morgan fingerprint density at radius 1 is 1.69 bits per heavy atom. The quantitative estimate of drug-likeness (QED) is 0.828. The third kappa shape index (κ3) is 2.24. The van der Waals surface area contributed by atoms with Crippen molar-refractivity contribution in [2.75, 3.05) is 13.1 Å². The van der Waals surface area contributed by atoms with E-state index >= 15 is 0 Å². The van der Waals surface area contributed by atoms with Crippen LogP contribution in [0.4, 0.5) is 0 Å². The molecule has 0 unspecified atom stereocenters. The van der Waals surface area contributed by atoms with E-state index in [1.807, 2.05) is 17.8 Å². The van der Waals surface area contributed by atoms with E-state index in [1.54, 1.807) is 6.20 Å². The monoisotopic (exact) mass is 223 g/mol. The van der Waals surface area contributed by atoms with Crippen molar-refractivity contribution in [1.29, 1.82) is 0 Å². The summed E-state index contributed by atoms with van der Waals surface area (Å²) < 4.78 is 1.88. The Kier molecular flexibility index (Phi) is 3.24. The first kappa shape index (κ1) is 11.1. The van der Waals surface area contributed by atoms with Crippen molar-refractivity contribution in [3.8, 4) is 0 Å². The molecule has 2 heterocycles. The van der Waals surface area contributed by atoms with Crippen molar-refractivity contribution in [1.82, 2.24) is 14.7 Å². The fourth-order valence-corrected chi connectivity index (χ4v) is 2.38. The predicted octanol–water partition coefficient (Wildman–Crippen LogP) is 1.03. The molecule has 16 heavy (non-hydrogen) atoms. The number of aromatic nitrogens is 2. The molecular weight excluding hydrogens is 206 g/mol. The molecule has 0 aliphatic carbocycles. The van der Waals surface area contributed by atoms with Crippen LogP contribution in [0.3, 0.4) is 0 Å². The fraction of sp³-hybridized carbons (Fsp3) is 0.636. The van der Waals surface area contributed by atoms with Gasteiger partial charge in [-0.1, -0.05) is 0 Å². The maximum absolute atomic E-state index is 10.6. The molecule has 2 rings (SSSR count). The van der Waals surface area contributed by atoms with Crippen LogP contribution < -0.4 is 0 Å². The molecule has 5 nitrogen and oxygen atoms in total. The summed E-state index contributed by atoms with van der Waals surface area (Å²) in [5, 5.41) is 12.9. The third-order valence-corrected chi connectivity index (χ3v) is 3.18. The summed E-state index contributed by atoms with van der Waals surface area (Å²) in [6.07, 6.45) is 4.24. The van der Waals surface area contributed by atoms with Gasteiger partial charge in [0.1, 0.15) is 0 Å². The van der Waals surface area contributed by atoms with E-state index in [1.165, 1.54) is 5.69 Å². The third-order valence-electron chi connectivity index (χ3n) is 3.18. The van der Waals surface area contributed by atoms with Crippen molar-refractivity contribution < 1.29 is 9.90 Å². The van der Waals surface area contributed by atoms with E-state index in [4.69, 9.17) is 5.11 Å². The van der Waals surface area contributed by atoms with Gasteiger partial charge in [0.15, 0.2) is 0 Å². The number of carboxylic acid groups (broad SMARTS) is 1. The van der Waals surface area contributed by atoms with Crippen LogP contribution in [0.25, 0.3) is 0 Å². The number of nitrogens with zero attached hydrogens (tertiary/aromatic N) is 3. The van der Waals surface area contributed by atoms with Crippen LogP contribution in [0.2, 0.25) is 0 Å². The normalized spacial score (nSPS) is 21.4. The lowest BCUT2D eigenvalue weighted by Gasteiger charge is -2.23. The molecule has 1 saturated heterocycles. The lowest BCUT2D eigenvalue weighted by molar-refractivity contribution is -0.137. The van der Waals surface area contributed by atoms with Crippen LogP contribution in [0, 0.1) is 0 Å². The van der Waals surface area contributed by atoms with Gasteiger partial charge in [0.25, 0.3) is 0 Å². The van der Waals surface area contributed by atoms with Crippen molar-refractivity contribution in [2.45, 2.75) is 25.3 Å². The molecule has 1 aromatic rings. The highest BCUT2D eigenvalue weighted by Crippen LogP contribution is 2.31. The number of hydrogen-bond acceptors (Lipinski definition) is 3. The van der Waals surface area contributed by atoms with Gasteiger partial charge in [-0.25, -0.2) is 0 Å². The zero-order valence-electron chi connectivity index (χ0n) is 9.46. The minimum atomic E-state index is -0.726. The number of hydrogen-bond donors (Lipinski definition) is 1. The maximum Gasteiger partial charge on any atom is 0.304 e. The van der Waals surface area contributed by atoms with Crippen LogP contribution >= 0.6 is 0 Å². The Hall–Kier alpha value is -1.36. The zero-order valence-corrected chi connectivity index (χ0v) is 9.46. The van der Waals surface area contributed by atoms with Crippen LogP contribution in [0.5, 0.6) is 0 Å². The molecular formula is C11H17N3O2. The van der Waals surface area contributed by atoms with Gasteiger partial charge >= 0.3 is 5.97 Å². The molecule has 1 N–H and O–H groups in total. The topological polar surface area (TPSA) is 58.4 Å². The molecule has 88 valence electrons. The largest absolute Gasteiger partial charge is 0.481 e. The van der Waals surface area contributed by atoms with Gasteiger partial charge in [0.05, 0.1) is 18.2 Å². The first-order chi connectivity index (χ1) is 7.68. The van der Waals surface area contributed by atoms with Crippen LogP contribution in [0.15, 0.2) is 12.3 Å².